The van der Waals surface area contributed by atoms with E-state index in [1.54, 1.807) is 0 Å². The first kappa shape index (κ1) is 32.6. The number of nitrogens with zero attached hydrogens (tertiary/aromatic N) is 2. The zero-order chi connectivity index (χ0) is 36.1. The summed E-state index contributed by atoms with van der Waals surface area (Å²) in [6, 6.07) is 75.1. The Balaban J connectivity index is 1.23. The van der Waals surface area contributed by atoms with Crippen LogP contribution < -0.4 is 19.3 Å². The average Bonchev–Trinajstić information content (AvgIpc) is 3.24. The van der Waals surface area contributed by atoms with Gasteiger partial charge in [-0.2, -0.15) is 0 Å². The Bertz CT molecular complexity index is 2390. The monoisotopic (exact) mass is 696 g/mol. The Kier molecular flexibility index (Phi) is 8.90. The van der Waals surface area contributed by atoms with Gasteiger partial charge in [-0.05, 0) is 97.1 Å². The van der Waals surface area contributed by atoms with Crippen molar-refractivity contribution >= 4 is 55.7 Å². The summed E-state index contributed by atoms with van der Waals surface area (Å²) in [5, 5.41) is 4.52. The van der Waals surface area contributed by atoms with Gasteiger partial charge in [-0.3, -0.25) is 0 Å². The van der Waals surface area contributed by atoms with Crippen molar-refractivity contribution in [2.24, 2.45) is 0 Å². The van der Waals surface area contributed by atoms with Crippen molar-refractivity contribution in [2.45, 2.75) is 0 Å². The quantitative estimate of drug-likeness (QED) is 0.105. The van der Waals surface area contributed by atoms with Gasteiger partial charge in [0.05, 0.1) is 11.4 Å². The third-order valence-electron chi connectivity index (χ3n) is 9.50. The zero-order valence-electron chi connectivity index (χ0n) is 29.5. The third kappa shape index (κ3) is 6.49. The minimum Gasteiger partial charge on any atom is -0.457 e. The Hall–Kier alpha value is -7.30. The molecule has 0 aromatic heterocycles. The van der Waals surface area contributed by atoms with Gasteiger partial charge in [-0.15, -0.1) is 0 Å². The van der Waals surface area contributed by atoms with Crippen LogP contribution in [-0.4, -0.2) is 0 Å². The van der Waals surface area contributed by atoms with Gasteiger partial charge in [0.1, 0.15) is 23.0 Å². The molecule has 9 rings (SSSR count). The third-order valence-corrected chi connectivity index (χ3v) is 9.50. The van der Waals surface area contributed by atoms with E-state index < -0.39 is 0 Å². The van der Waals surface area contributed by atoms with Gasteiger partial charge in [-0.1, -0.05) is 121 Å². The molecule has 0 saturated carbocycles. The van der Waals surface area contributed by atoms with Gasteiger partial charge in [0.15, 0.2) is 0 Å². The normalized spacial score (nSPS) is 11.0. The van der Waals surface area contributed by atoms with Crippen LogP contribution >= 0.6 is 0 Å². The number of fused-ring (bicyclic) bond motifs is 2. The second-order valence-corrected chi connectivity index (χ2v) is 12.9. The summed E-state index contributed by atoms with van der Waals surface area (Å²) in [7, 11) is 0. The molecule has 0 heterocycles. The Morgan fingerprint density at radius 1 is 0.222 bits per heavy atom. The number of ether oxygens (including phenoxy) is 2. The summed E-state index contributed by atoms with van der Waals surface area (Å²) in [5.74, 6) is 3.17. The summed E-state index contributed by atoms with van der Waals surface area (Å²) < 4.78 is 12.4. The van der Waals surface area contributed by atoms with E-state index >= 15 is 0 Å². The topological polar surface area (TPSA) is 24.9 Å². The highest BCUT2D eigenvalue weighted by Crippen LogP contribution is 2.51. The zero-order valence-corrected chi connectivity index (χ0v) is 29.5. The van der Waals surface area contributed by atoms with E-state index in [0.717, 1.165) is 78.7 Å². The summed E-state index contributed by atoms with van der Waals surface area (Å²) in [6.07, 6.45) is 0. The smallest absolute Gasteiger partial charge is 0.127 e. The van der Waals surface area contributed by atoms with Gasteiger partial charge < -0.3 is 19.3 Å². The van der Waals surface area contributed by atoms with Gasteiger partial charge >= 0.3 is 0 Å². The number of benzene rings is 9. The number of hydrogen-bond donors (Lipinski definition) is 0. The molecule has 0 aliphatic carbocycles. The Labute approximate surface area is 315 Å². The van der Waals surface area contributed by atoms with Crippen molar-refractivity contribution in [3.8, 4) is 23.0 Å². The van der Waals surface area contributed by atoms with Gasteiger partial charge in [0.25, 0.3) is 0 Å². The Morgan fingerprint density at radius 3 is 0.778 bits per heavy atom. The molecule has 0 amide bonds. The molecule has 9 aromatic rings. The van der Waals surface area contributed by atoms with Crippen LogP contribution in [0, 0.1) is 0 Å². The summed E-state index contributed by atoms with van der Waals surface area (Å²) >= 11 is 0. The van der Waals surface area contributed by atoms with Gasteiger partial charge in [-0.25, -0.2) is 0 Å². The Morgan fingerprint density at radius 2 is 0.463 bits per heavy atom. The first-order valence-electron chi connectivity index (χ1n) is 18.1. The van der Waals surface area contributed by atoms with Crippen LogP contribution in [0.15, 0.2) is 218 Å². The first-order valence-corrected chi connectivity index (χ1v) is 18.1. The summed E-state index contributed by atoms with van der Waals surface area (Å²) in [5.41, 5.74) is 6.38. The van der Waals surface area contributed by atoms with Crippen LogP contribution in [0.1, 0.15) is 0 Å². The standard InChI is InChI=1S/C50H36N2O2/c1-5-17-37(18-6-1)51(39-29-33-43(34-30-39)53-41-21-9-3-10-22-41)49-45-25-13-15-27-47(45)50(48-28-16-14-26-46(48)49)52(38-19-7-2-8-20-38)40-31-35-44(36-32-40)54-42-23-11-4-12-24-42/h1-36H. The van der Waals surface area contributed by atoms with Crippen LogP contribution in [0.2, 0.25) is 0 Å². The van der Waals surface area contributed by atoms with E-state index in [1.807, 2.05) is 84.9 Å². The molecule has 0 fully saturated rings. The highest BCUT2D eigenvalue weighted by atomic mass is 16.5. The molecular formula is C50H36N2O2. The first-order chi connectivity index (χ1) is 26.8. The van der Waals surface area contributed by atoms with Crippen molar-refractivity contribution in [1.29, 1.82) is 0 Å². The average molecular weight is 697 g/mol. The van der Waals surface area contributed by atoms with Crippen molar-refractivity contribution in [2.75, 3.05) is 9.80 Å². The van der Waals surface area contributed by atoms with Crippen molar-refractivity contribution in [1.82, 2.24) is 0 Å². The molecule has 0 aliphatic rings. The number of anilines is 6. The molecule has 0 atom stereocenters. The van der Waals surface area contributed by atoms with Gasteiger partial charge in [0, 0.05) is 44.3 Å². The van der Waals surface area contributed by atoms with Crippen LogP contribution in [0.4, 0.5) is 34.1 Å². The lowest BCUT2D eigenvalue weighted by Crippen LogP contribution is -2.14. The lowest BCUT2D eigenvalue weighted by Gasteiger charge is -2.33. The fourth-order valence-corrected chi connectivity index (χ4v) is 7.11. The lowest BCUT2D eigenvalue weighted by molar-refractivity contribution is 0.482. The second-order valence-electron chi connectivity index (χ2n) is 12.9. The van der Waals surface area contributed by atoms with E-state index in [1.165, 1.54) is 0 Å². The molecule has 4 nitrogen and oxygen atoms in total. The molecule has 0 spiro atoms. The fourth-order valence-electron chi connectivity index (χ4n) is 7.11. The molecule has 0 bridgehead atoms. The largest absolute Gasteiger partial charge is 0.457 e. The number of hydrogen-bond acceptors (Lipinski definition) is 4. The van der Waals surface area contributed by atoms with E-state index in [-0.39, 0.29) is 0 Å². The second kappa shape index (κ2) is 14.7. The summed E-state index contributed by atoms with van der Waals surface area (Å²) in [4.78, 5) is 4.73. The minimum absolute atomic E-state index is 0.779. The predicted octanol–water partition coefficient (Wildman–Crippen LogP) is 14.5. The van der Waals surface area contributed by atoms with Crippen LogP contribution in [-0.2, 0) is 0 Å². The fraction of sp³-hybridized carbons (Fsp3) is 0. The maximum Gasteiger partial charge on any atom is 0.127 e. The highest BCUT2D eigenvalue weighted by molar-refractivity contribution is 6.23. The predicted molar refractivity (Wildman–Crippen MR) is 224 cm³/mol. The molecular weight excluding hydrogens is 661 g/mol. The molecule has 258 valence electrons. The molecule has 0 N–H and O–H groups in total. The van der Waals surface area contributed by atoms with E-state index in [9.17, 15) is 0 Å². The van der Waals surface area contributed by atoms with E-state index in [4.69, 9.17) is 9.47 Å². The molecule has 54 heavy (non-hydrogen) atoms. The highest BCUT2D eigenvalue weighted by Gasteiger charge is 2.25. The SMILES string of the molecule is c1ccc(Oc2ccc(N(c3ccccc3)c3c4ccccc4c(N(c4ccccc4)c4ccc(Oc5ccccc5)cc4)c4ccccc34)cc2)cc1. The minimum atomic E-state index is 0.779. The molecule has 0 unspecified atom stereocenters. The number of rotatable bonds is 10. The molecule has 4 heteroatoms. The maximum absolute atomic E-state index is 6.20. The van der Waals surface area contributed by atoms with Crippen LogP contribution in [0.3, 0.4) is 0 Å². The molecule has 9 aromatic carbocycles. The van der Waals surface area contributed by atoms with Crippen LogP contribution in [0.5, 0.6) is 23.0 Å². The molecule has 0 aliphatic heterocycles. The van der Waals surface area contributed by atoms with Gasteiger partial charge in [0.2, 0.25) is 0 Å². The maximum atomic E-state index is 6.20. The van der Waals surface area contributed by atoms with Crippen LogP contribution in [0.25, 0.3) is 21.5 Å². The van der Waals surface area contributed by atoms with Crippen molar-refractivity contribution < 1.29 is 9.47 Å². The lowest BCUT2D eigenvalue weighted by atomic mass is 9.95. The molecule has 0 radical (unpaired) electrons. The molecule has 0 saturated heterocycles. The van der Waals surface area contributed by atoms with Crippen molar-refractivity contribution in [3.05, 3.63) is 218 Å². The van der Waals surface area contributed by atoms with E-state index in [2.05, 4.69) is 143 Å². The summed E-state index contributed by atoms with van der Waals surface area (Å²) in [6.45, 7) is 0. The number of para-hydroxylation sites is 4. The van der Waals surface area contributed by atoms with E-state index in [0.29, 0.717) is 0 Å². The van der Waals surface area contributed by atoms with Crippen molar-refractivity contribution in [3.63, 3.8) is 0 Å².